The number of nitrogens with zero attached hydrogens (tertiary/aromatic N) is 7. The predicted molar refractivity (Wildman–Crippen MR) is 86.5 cm³/mol. The van der Waals surface area contributed by atoms with Crippen LogP contribution in [0.1, 0.15) is 11.4 Å². The van der Waals surface area contributed by atoms with Gasteiger partial charge in [-0.05, 0) is 31.5 Å². The van der Waals surface area contributed by atoms with Crippen LogP contribution in [0.25, 0.3) is 5.65 Å². The summed E-state index contributed by atoms with van der Waals surface area (Å²) in [7, 11) is 0. The van der Waals surface area contributed by atoms with Gasteiger partial charge in [-0.25, -0.2) is 9.97 Å². The number of aryl methyl sites for hydroxylation is 2. The molecule has 4 heterocycles. The Morgan fingerprint density at radius 1 is 1.13 bits per heavy atom. The summed E-state index contributed by atoms with van der Waals surface area (Å²) in [5, 5.41) is 16.0. The van der Waals surface area contributed by atoms with E-state index in [-0.39, 0.29) is 0 Å². The Balaban J connectivity index is 1.35. The lowest BCUT2D eigenvalue weighted by Gasteiger charge is -2.40. The zero-order valence-corrected chi connectivity index (χ0v) is 13.1. The fourth-order valence-electron chi connectivity index (χ4n) is 2.66. The standard InChI is InChI=1S/C15H18N8/c1-10-5-16-15(17-6-10)18-7-12-8-22(9-12)14-4-3-13-20-19-11(2)23(13)21-14/h3-6,12H,7-9H2,1-2H3,(H,16,17,18). The summed E-state index contributed by atoms with van der Waals surface area (Å²) in [6.07, 6.45) is 3.64. The number of nitrogens with one attached hydrogen (secondary N) is 1. The Kier molecular flexibility index (Phi) is 3.29. The molecule has 23 heavy (non-hydrogen) atoms. The third-order valence-electron chi connectivity index (χ3n) is 4.02. The molecule has 0 spiro atoms. The van der Waals surface area contributed by atoms with Crippen molar-refractivity contribution in [2.75, 3.05) is 29.9 Å². The third kappa shape index (κ3) is 2.67. The second-order valence-corrected chi connectivity index (χ2v) is 5.94. The van der Waals surface area contributed by atoms with E-state index in [0.717, 1.165) is 42.5 Å². The van der Waals surface area contributed by atoms with E-state index in [1.54, 1.807) is 4.52 Å². The average Bonchev–Trinajstić information content (AvgIpc) is 2.89. The number of hydrogen-bond donors (Lipinski definition) is 1. The number of rotatable bonds is 4. The van der Waals surface area contributed by atoms with Crippen LogP contribution in [0.4, 0.5) is 11.8 Å². The molecular formula is C15H18N8. The van der Waals surface area contributed by atoms with Crippen molar-refractivity contribution >= 4 is 17.4 Å². The molecule has 3 aromatic rings. The van der Waals surface area contributed by atoms with Crippen LogP contribution < -0.4 is 10.2 Å². The van der Waals surface area contributed by atoms with Crippen LogP contribution in [-0.2, 0) is 0 Å². The smallest absolute Gasteiger partial charge is 0.222 e. The van der Waals surface area contributed by atoms with Crippen molar-refractivity contribution in [2.24, 2.45) is 5.92 Å². The van der Waals surface area contributed by atoms with Crippen molar-refractivity contribution in [2.45, 2.75) is 13.8 Å². The van der Waals surface area contributed by atoms with E-state index in [0.29, 0.717) is 11.9 Å². The monoisotopic (exact) mass is 310 g/mol. The first-order chi connectivity index (χ1) is 11.2. The molecule has 0 bridgehead atoms. The summed E-state index contributed by atoms with van der Waals surface area (Å²) in [6.45, 7) is 6.70. The largest absolute Gasteiger partial charge is 0.354 e. The highest BCUT2D eigenvalue weighted by atomic mass is 15.4. The first-order valence-corrected chi connectivity index (χ1v) is 7.65. The van der Waals surface area contributed by atoms with Crippen LogP contribution in [0, 0.1) is 19.8 Å². The molecule has 1 aliphatic heterocycles. The van der Waals surface area contributed by atoms with Crippen LogP contribution in [0.15, 0.2) is 24.5 Å². The second-order valence-electron chi connectivity index (χ2n) is 5.94. The van der Waals surface area contributed by atoms with Crippen molar-refractivity contribution in [3.05, 3.63) is 35.9 Å². The SMILES string of the molecule is Cc1cnc(NCC2CN(c3ccc4nnc(C)n4n3)C2)nc1. The normalized spacial score (nSPS) is 15.0. The summed E-state index contributed by atoms with van der Waals surface area (Å²) >= 11 is 0. The van der Waals surface area contributed by atoms with Crippen LogP contribution >= 0.6 is 0 Å². The van der Waals surface area contributed by atoms with E-state index in [1.807, 2.05) is 38.4 Å². The molecule has 0 unspecified atom stereocenters. The number of aromatic nitrogens is 6. The van der Waals surface area contributed by atoms with Gasteiger partial charge < -0.3 is 10.2 Å². The minimum atomic E-state index is 0.569. The van der Waals surface area contributed by atoms with Crippen molar-refractivity contribution < 1.29 is 0 Å². The van der Waals surface area contributed by atoms with Crippen LogP contribution in [-0.4, -0.2) is 49.4 Å². The average molecular weight is 310 g/mol. The molecule has 1 fully saturated rings. The lowest BCUT2D eigenvalue weighted by Crippen LogP contribution is -2.50. The Morgan fingerprint density at radius 3 is 2.70 bits per heavy atom. The first kappa shape index (κ1) is 13.9. The van der Waals surface area contributed by atoms with Gasteiger partial charge in [0.15, 0.2) is 11.5 Å². The minimum absolute atomic E-state index is 0.569. The Hall–Kier alpha value is -2.77. The molecule has 4 rings (SSSR count). The van der Waals surface area contributed by atoms with Gasteiger partial charge in [0.05, 0.1) is 0 Å². The maximum Gasteiger partial charge on any atom is 0.222 e. The predicted octanol–water partition coefficient (Wildman–Crippen LogP) is 1.08. The highest BCUT2D eigenvalue weighted by molar-refractivity contribution is 5.47. The fourth-order valence-corrected chi connectivity index (χ4v) is 2.66. The van der Waals surface area contributed by atoms with Crippen LogP contribution in [0.2, 0.25) is 0 Å². The molecule has 0 saturated carbocycles. The van der Waals surface area contributed by atoms with Crippen molar-refractivity contribution in [3.8, 4) is 0 Å². The van der Waals surface area contributed by atoms with Crippen molar-refractivity contribution in [3.63, 3.8) is 0 Å². The van der Waals surface area contributed by atoms with Gasteiger partial charge in [0.1, 0.15) is 5.82 Å². The lowest BCUT2D eigenvalue weighted by atomic mass is 10.0. The van der Waals surface area contributed by atoms with Gasteiger partial charge >= 0.3 is 0 Å². The van der Waals surface area contributed by atoms with Gasteiger partial charge in [0.2, 0.25) is 5.95 Å². The highest BCUT2D eigenvalue weighted by Gasteiger charge is 2.28. The van der Waals surface area contributed by atoms with Gasteiger partial charge in [-0.1, -0.05) is 0 Å². The van der Waals surface area contributed by atoms with E-state index in [9.17, 15) is 0 Å². The maximum absolute atomic E-state index is 4.59. The molecule has 0 atom stereocenters. The topological polar surface area (TPSA) is 84.1 Å². The lowest BCUT2D eigenvalue weighted by molar-refractivity contribution is 0.424. The maximum atomic E-state index is 4.59. The molecule has 0 aliphatic carbocycles. The molecule has 0 radical (unpaired) electrons. The molecule has 3 aromatic heterocycles. The van der Waals surface area contributed by atoms with E-state index in [2.05, 4.69) is 35.5 Å². The second kappa shape index (κ2) is 5.45. The molecular weight excluding hydrogens is 292 g/mol. The number of hydrogen-bond acceptors (Lipinski definition) is 7. The van der Waals surface area contributed by atoms with Gasteiger partial charge in [-0.15, -0.1) is 15.3 Å². The number of anilines is 2. The van der Waals surface area contributed by atoms with Gasteiger partial charge in [-0.2, -0.15) is 4.52 Å². The van der Waals surface area contributed by atoms with E-state index >= 15 is 0 Å². The van der Waals surface area contributed by atoms with Gasteiger partial charge in [-0.3, -0.25) is 0 Å². The molecule has 1 N–H and O–H groups in total. The summed E-state index contributed by atoms with van der Waals surface area (Å²) < 4.78 is 1.78. The molecule has 1 saturated heterocycles. The summed E-state index contributed by atoms with van der Waals surface area (Å²) in [4.78, 5) is 10.8. The zero-order valence-electron chi connectivity index (χ0n) is 13.1. The quantitative estimate of drug-likeness (QED) is 0.772. The zero-order chi connectivity index (χ0) is 15.8. The third-order valence-corrected chi connectivity index (χ3v) is 4.02. The fraction of sp³-hybridized carbons (Fsp3) is 0.400. The van der Waals surface area contributed by atoms with Crippen LogP contribution in [0.3, 0.4) is 0 Å². The summed E-state index contributed by atoms with van der Waals surface area (Å²) in [5.74, 6) is 3.02. The van der Waals surface area contributed by atoms with Crippen molar-refractivity contribution in [1.82, 2.24) is 29.8 Å². The molecule has 0 aromatic carbocycles. The molecule has 8 nitrogen and oxygen atoms in total. The summed E-state index contributed by atoms with van der Waals surface area (Å²) in [5.41, 5.74) is 1.85. The van der Waals surface area contributed by atoms with E-state index < -0.39 is 0 Å². The molecule has 0 amide bonds. The van der Waals surface area contributed by atoms with Gasteiger partial charge in [0.25, 0.3) is 0 Å². The Bertz CT molecular complexity index is 819. The van der Waals surface area contributed by atoms with E-state index in [4.69, 9.17) is 0 Å². The molecule has 118 valence electrons. The number of fused-ring (bicyclic) bond motifs is 1. The molecule has 8 heteroatoms. The highest BCUT2D eigenvalue weighted by Crippen LogP contribution is 2.23. The minimum Gasteiger partial charge on any atom is -0.354 e. The Morgan fingerprint density at radius 2 is 1.91 bits per heavy atom. The first-order valence-electron chi connectivity index (χ1n) is 7.65. The van der Waals surface area contributed by atoms with Crippen LogP contribution in [0.5, 0.6) is 0 Å². The van der Waals surface area contributed by atoms with Crippen molar-refractivity contribution in [1.29, 1.82) is 0 Å². The molecule has 1 aliphatic rings. The van der Waals surface area contributed by atoms with Gasteiger partial charge in [0, 0.05) is 37.9 Å². The van der Waals surface area contributed by atoms with E-state index in [1.165, 1.54) is 0 Å². The Labute approximate surface area is 133 Å². The summed E-state index contributed by atoms with van der Waals surface area (Å²) in [6, 6.07) is 3.95.